The minimum Gasteiger partial charge on any atom is -0.444 e. The van der Waals surface area contributed by atoms with E-state index in [9.17, 15) is 9.59 Å². The van der Waals surface area contributed by atoms with E-state index in [2.05, 4.69) is 20.6 Å². The van der Waals surface area contributed by atoms with Gasteiger partial charge in [-0.3, -0.25) is 14.3 Å². The molecule has 0 aliphatic carbocycles. The lowest BCUT2D eigenvalue weighted by atomic mass is 10.1. The van der Waals surface area contributed by atoms with E-state index in [1.807, 2.05) is 30.3 Å². The number of carbonyl (C=O) groups is 1. The van der Waals surface area contributed by atoms with Gasteiger partial charge in [0.2, 0.25) is 5.95 Å². The van der Waals surface area contributed by atoms with Crippen molar-refractivity contribution in [2.45, 2.75) is 38.8 Å². The van der Waals surface area contributed by atoms with E-state index in [0.717, 1.165) is 5.56 Å². The highest BCUT2D eigenvalue weighted by molar-refractivity contribution is 5.72. The molecule has 2 heterocycles. The molecule has 0 fully saturated rings. The van der Waals surface area contributed by atoms with Crippen LogP contribution in [0.2, 0.25) is 0 Å². The third-order valence-corrected chi connectivity index (χ3v) is 4.83. The lowest BCUT2D eigenvalue weighted by molar-refractivity contribution is 0.0525. The predicted molar refractivity (Wildman–Crippen MR) is 129 cm³/mol. The lowest BCUT2D eigenvalue weighted by Gasteiger charge is -2.24. The molecule has 1 aromatic carbocycles. The molecular weight excluding hydrogens is 420 g/mol. The maximum Gasteiger partial charge on any atom is 0.407 e. The largest absolute Gasteiger partial charge is 0.444 e. The second kappa shape index (κ2) is 10.2. The summed E-state index contributed by atoms with van der Waals surface area (Å²) in [6.07, 6.45) is 3.30. The number of nitrogens with two attached hydrogens (primary N) is 1. The summed E-state index contributed by atoms with van der Waals surface area (Å²) in [7, 11) is 1.60. The summed E-state index contributed by atoms with van der Waals surface area (Å²) in [4.78, 5) is 33.6. The van der Waals surface area contributed by atoms with Crippen molar-refractivity contribution in [3.8, 4) is 11.3 Å². The Bertz CT molecular complexity index is 1140. The molecule has 0 aliphatic rings. The first-order valence-electron chi connectivity index (χ1n) is 10.7. The van der Waals surface area contributed by atoms with Gasteiger partial charge in [-0.25, -0.2) is 9.78 Å². The van der Waals surface area contributed by atoms with E-state index < -0.39 is 11.7 Å². The number of nitrogen functional groups attached to an aromatic ring is 1. The van der Waals surface area contributed by atoms with Crippen LogP contribution in [0.15, 0.2) is 59.7 Å². The number of alkyl carbamates (subject to hydrolysis) is 1. The molecule has 1 atom stereocenters. The molecule has 1 unspecified atom stereocenters. The molecule has 0 aliphatic heterocycles. The first kappa shape index (κ1) is 23.8. The van der Waals surface area contributed by atoms with Gasteiger partial charge in [0.25, 0.3) is 5.56 Å². The zero-order chi connectivity index (χ0) is 24.0. The number of hydrogen-bond acceptors (Lipinski definition) is 7. The number of rotatable bonds is 7. The van der Waals surface area contributed by atoms with Gasteiger partial charge in [0.1, 0.15) is 17.0 Å². The topological polar surface area (TPSA) is 124 Å². The van der Waals surface area contributed by atoms with E-state index in [4.69, 9.17) is 10.5 Å². The van der Waals surface area contributed by atoms with Crippen LogP contribution in [-0.2, 0) is 18.2 Å². The summed E-state index contributed by atoms with van der Waals surface area (Å²) in [6.45, 7) is 5.68. The molecule has 3 aromatic rings. The van der Waals surface area contributed by atoms with Gasteiger partial charge in [0, 0.05) is 31.5 Å². The molecule has 9 nitrogen and oxygen atoms in total. The second-order valence-corrected chi connectivity index (χ2v) is 8.71. The van der Waals surface area contributed by atoms with Crippen molar-refractivity contribution in [1.29, 1.82) is 0 Å². The number of nitrogens with zero attached hydrogens (tertiary/aromatic N) is 3. The summed E-state index contributed by atoms with van der Waals surface area (Å²) >= 11 is 0. The summed E-state index contributed by atoms with van der Waals surface area (Å²) in [5.74, 6) is 0.341. The molecule has 0 bridgehead atoms. The molecule has 1 amide bonds. The van der Waals surface area contributed by atoms with Crippen LogP contribution in [0.5, 0.6) is 0 Å². The van der Waals surface area contributed by atoms with Crippen LogP contribution in [-0.4, -0.2) is 38.8 Å². The van der Waals surface area contributed by atoms with E-state index in [1.54, 1.807) is 52.3 Å². The van der Waals surface area contributed by atoms with Crippen molar-refractivity contribution in [1.82, 2.24) is 19.9 Å². The van der Waals surface area contributed by atoms with Crippen molar-refractivity contribution in [3.63, 3.8) is 0 Å². The zero-order valence-corrected chi connectivity index (χ0v) is 19.3. The maximum absolute atomic E-state index is 12.8. The summed E-state index contributed by atoms with van der Waals surface area (Å²) in [5, 5.41) is 6.10. The SMILES string of the molecule is Cn1c(NC(CNC(=O)OC(C)(C)C)Cc2ccccc2)nc(-c2ccncc2)c(N)c1=O. The van der Waals surface area contributed by atoms with Crippen LogP contribution in [0.1, 0.15) is 26.3 Å². The van der Waals surface area contributed by atoms with Crippen LogP contribution in [0.25, 0.3) is 11.3 Å². The minimum absolute atomic E-state index is 0.0562. The van der Waals surface area contributed by atoms with E-state index >= 15 is 0 Å². The number of carbonyl (C=O) groups excluding carboxylic acids is 1. The zero-order valence-electron chi connectivity index (χ0n) is 19.3. The van der Waals surface area contributed by atoms with Gasteiger partial charge in [0.15, 0.2) is 0 Å². The highest BCUT2D eigenvalue weighted by atomic mass is 16.6. The number of benzene rings is 1. The minimum atomic E-state index is -0.603. The summed E-state index contributed by atoms with van der Waals surface area (Å²) in [5.41, 5.74) is 7.30. The fourth-order valence-electron chi connectivity index (χ4n) is 3.25. The number of hydrogen-bond donors (Lipinski definition) is 3. The quantitative estimate of drug-likeness (QED) is 0.505. The van der Waals surface area contributed by atoms with Gasteiger partial charge < -0.3 is 21.1 Å². The Morgan fingerprint density at radius 3 is 2.45 bits per heavy atom. The average molecular weight is 451 g/mol. The maximum atomic E-state index is 12.8. The number of amides is 1. The second-order valence-electron chi connectivity index (χ2n) is 8.71. The monoisotopic (exact) mass is 450 g/mol. The average Bonchev–Trinajstić information content (AvgIpc) is 2.78. The molecule has 0 saturated carbocycles. The van der Waals surface area contributed by atoms with Crippen molar-refractivity contribution in [2.75, 3.05) is 17.6 Å². The van der Waals surface area contributed by atoms with E-state index in [1.165, 1.54) is 4.57 Å². The Morgan fingerprint density at radius 1 is 1.15 bits per heavy atom. The van der Waals surface area contributed by atoms with Gasteiger partial charge in [0.05, 0.1) is 6.04 Å². The van der Waals surface area contributed by atoms with Gasteiger partial charge in [-0.05, 0) is 44.9 Å². The Kier molecular flexibility index (Phi) is 7.32. The molecule has 9 heteroatoms. The lowest BCUT2D eigenvalue weighted by Crippen LogP contribution is -2.41. The van der Waals surface area contributed by atoms with E-state index in [0.29, 0.717) is 23.6 Å². The first-order valence-corrected chi connectivity index (χ1v) is 10.7. The highest BCUT2D eigenvalue weighted by Crippen LogP contribution is 2.22. The number of nitrogens with one attached hydrogen (secondary N) is 2. The molecule has 0 spiro atoms. The highest BCUT2D eigenvalue weighted by Gasteiger charge is 2.20. The van der Waals surface area contributed by atoms with Crippen molar-refractivity contribution < 1.29 is 9.53 Å². The first-order chi connectivity index (χ1) is 15.6. The number of anilines is 2. The molecule has 4 N–H and O–H groups in total. The fraction of sp³-hybridized carbons (Fsp3) is 0.333. The van der Waals surface area contributed by atoms with Crippen LogP contribution < -0.4 is 21.9 Å². The van der Waals surface area contributed by atoms with E-state index in [-0.39, 0.29) is 23.8 Å². The van der Waals surface area contributed by atoms with Crippen LogP contribution in [0.3, 0.4) is 0 Å². The third-order valence-electron chi connectivity index (χ3n) is 4.83. The van der Waals surface area contributed by atoms with Gasteiger partial charge >= 0.3 is 6.09 Å². The number of ether oxygens (including phenoxy) is 1. The third kappa shape index (κ3) is 6.55. The van der Waals surface area contributed by atoms with Crippen molar-refractivity contribution in [3.05, 3.63) is 70.8 Å². The molecular formula is C24H30N6O3. The van der Waals surface area contributed by atoms with Crippen LogP contribution in [0.4, 0.5) is 16.4 Å². The van der Waals surface area contributed by atoms with Crippen molar-refractivity contribution in [2.24, 2.45) is 7.05 Å². The molecule has 0 saturated heterocycles. The normalized spacial score (nSPS) is 12.1. The van der Waals surface area contributed by atoms with Crippen LogP contribution >= 0.6 is 0 Å². The molecule has 3 rings (SSSR count). The van der Waals surface area contributed by atoms with Gasteiger partial charge in [-0.1, -0.05) is 30.3 Å². The molecule has 33 heavy (non-hydrogen) atoms. The fourth-order valence-corrected chi connectivity index (χ4v) is 3.25. The number of aromatic nitrogens is 3. The Labute approximate surface area is 193 Å². The van der Waals surface area contributed by atoms with Crippen LogP contribution in [0, 0.1) is 0 Å². The standard InChI is InChI=1S/C24H30N6O3/c1-24(2,3)33-23(32)27-15-18(14-16-8-6-5-7-9-16)28-22-29-20(17-10-12-26-13-11-17)19(25)21(31)30(22)4/h5-13,18H,14-15,25H2,1-4H3,(H,27,32)(H,28,29). The number of pyridine rings is 1. The van der Waals surface area contributed by atoms with Crippen molar-refractivity contribution >= 4 is 17.7 Å². The molecule has 0 radical (unpaired) electrons. The smallest absolute Gasteiger partial charge is 0.407 e. The molecule has 174 valence electrons. The Hall–Kier alpha value is -3.88. The van der Waals surface area contributed by atoms with Gasteiger partial charge in [-0.15, -0.1) is 0 Å². The predicted octanol–water partition coefficient (Wildman–Crippen LogP) is 2.97. The summed E-state index contributed by atoms with van der Waals surface area (Å²) < 4.78 is 6.72. The summed E-state index contributed by atoms with van der Waals surface area (Å²) in [6, 6.07) is 13.1. The Morgan fingerprint density at radius 2 is 1.82 bits per heavy atom. The van der Waals surface area contributed by atoms with Gasteiger partial charge in [-0.2, -0.15) is 0 Å². The molecule has 2 aromatic heterocycles. The Balaban J connectivity index is 1.89.